The molecule has 0 radical (unpaired) electrons. The monoisotopic (exact) mass is 476 g/mol. The molecule has 0 atom stereocenters. The van der Waals surface area contributed by atoms with Crippen molar-refractivity contribution in [2.45, 2.75) is 6.42 Å². The van der Waals surface area contributed by atoms with Crippen molar-refractivity contribution in [1.29, 1.82) is 5.26 Å². The number of aromatic nitrogens is 1. The predicted octanol–water partition coefficient (Wildman–Crippen LogP) is 5.59. The van der Waals surface area contributed by atoms with E-state index in [0.717, 1.165) is 27.7 Å². The Morgan fingerprint density at radius 3 is 2.36 bits per heavy atom. The number of thiazole rings is 1. The Kier molecular flexibility index (Phi) is 8.03. The Balaban J connectivity index is 0.00000306. The quantitative estimate of drug-likeness (QED) is 0.394. The minimum absolute atomic E-state index is 0. The number of amides is 1. The Morgan fingerprint density at radius 2 is 1.70 bits per heavy atom. The van der Waals surface area contributed by atoms with Crippen LogP contribution < -0.4 is 14.9 Å². The van der Waals surface area contributed by atoms with Gasteiger partial charge in [0.15, 0.2) is 4.80 Å². The summed E-state index contributed by atoms with van der Waals surface area (Å²) in [5, 5.41) is 13.7. The van der Waals surface area contributed by atoms with E-state index < -0.39 is 0 Å². The van der Waals surface area contributed by atoms with Crippen molar-refractivity contribution in [2.24, 2.45) is 12.0 Å². The van der Waals surface area contributed by atoms with Gasteiger partial charge in [-0.3, -0.25) is 4.79 Å². The van der Waals surface area contributed by atoms with Crippen molar-refractivity contribution in [1.82, 2.24) is 4.57 Å². The zero-order chi connectivity index (χ0) is 22.3. The molecule has 1 aromatic heterocycles. The maximum absolute atomic E-state index is 12.4. The number of carbonyl (C=O) groups is 1. The lowest BCUT2D eigenvalue weighted by molar-refractivity contribution is -0.115. The molecular weight excluding hydrogens is 456 g/mol. The molecule has 4 rings (SSSR count). The van der Waals surface area contributed by atoms with E-state index in [1.54, 1.807) is 24.3 Å². The fourth-order valence-electron chi connectivity index (χ4n) is 2.98. The Bertz CT molecular complexity index is 1320. The van der Waals surface area contributed by atoms with Gasteiger partial charge in [-0.25, -0.2) is 4.99 Å². The first-order chi connectivity index (χ1) is 15.6. The van der Waals surface area contributed by atoms with E-state index in [-0.39, 0.29) is 24.7 Å². The Hall–Kier alpha value is -3.86. The number of benzene rings is 3. The van der Waals surface area contributed by atoms with E-state index >= 15 is 0 Å². The number of para-hydroxylation sites is 1. The number of anilines is 1. The second kappa shape index (κ2) is 11.1. The van der Waals surface area contributed by atoms with Gasteiger partial charge < -0.3 is 14.6 Å². The number of nitriles is 1. The van der Waals surface area contributed by atoms with Crippen LogP contribution >= 0.6 is 23.7 Å². The molecule has 0 bridgehead atoms. The number of hydrogen-bond acceptors (Lipinski definition) is 5. The number of nitrogens with zero attached hydrogens (tertiary/aromatic N) is 3. The van der Waals surface area contributed by atoms with Crippen LogP contribution in [0.5, 0.6) is 11.5 Å². The molecule has 1 heterocycles. The largest absolute Gasteiger partial charge is 0.457 e. The molecule has 0 spiro atoms. The summed E-state index contributed by atoms with van der Waals surface area (Å²) < 4.78 is 7.73. The van der Waals surface area contributed by atoms with Gasteiger partial charge in [-0.2, -0.15) is 5.26 Å². The Labute approximate surface area is 201 Å². The number of halogens is 1. The summed E-state index contributed by atoms with van der Waals surface area (Å²) >= 11 is 1.48. The van der Waals surface area contributed by atoms with Crippen LogP contribution in [0.25, 0.3) is 0 Å². The van der Waals surface area contributed by atoms with Crippen molar-refractivity contribution in [3.63, 3.8) is 0 Å². The standard InChI is InChI=1S/C25H20N4O2S.ClH/c1-29-21(15-24(30)27-19-9-7-18(16-26)8-10-19)17-32-25(29)28-20-11-13-23(14-12-20)31-22-5-3-2-4-6-22;/h2-14,17H,15H2,1H3,(H,27,30);1H. The molecule has 0 aliphatic heterocycles. The van der Waals surface area contributed by atoms with E-state index in [0.29, 0.717) is 11.3 Å². The molecule has 166 valence electrons. The molecule has 0 saturated carbocycles. The van der Waals surface area contributed by atoms with Crippen molar-refractivity contribution in [3.05, 3.63) is 100 Å². The van der Waals surface area contributed by atoms with Crippen molar-refractivity contribution in [3.8, 4) is 17.6 Å². The first-order valence-corrected chi connectivity index (χ1v) is 10.8. The molecule has 0 saturated heterocycles. The predicted molar refractivity (Wildman–Crippen MR) is 132 cm³/mol. The molecule has 1 amide bonds. The second-order valence-electron chi connectivity index (χ2n) is 7.00. The maximum atomic E-state index is 12.4. The van der Waals surface area contributed by atoms with Crippen LogP contribution in [-0.2, 0) is 18.3 Å². The summed E-state index contributed by atoms with van der Waals surface area (Å²) in [6, 6.07) is 26.0. The van der Waals surface area contributed by atoms with Crippen molar-refractivity contribution >= 4 is 41.0 Å². The highest BCUT2D eigenvalue weighted by Gasteiger charge is 2.09. The third kappa shape index (κ3) is 6.32. The van der Waals surface area contributed by atoms with E-state index in [1.807, 2.05) is 71.6 Å². The van der Waals surface area contributed by atoms with Crippen LogP contribution in [0, 0.1) is 11.3 Å². The van der Waals surface area contributed by atoms with E-state index in [1.165, 1.54) is 11.3 Å². The van der Waals surface area contributed by atoms with Gasteiger partial charge in [0.1, 0.15) is 11.5 Å². The average molecular weight is 477 g/mol. The van der Waals surface area contributed by atoms with Crippen molar-refractivity contribution < 1.29 is 9.53 Å². The molecule has 0 fully saturated rings. The zero-order valence-electron chi connectivity index (χ0n) is 17.8. The third-order valence-corrected chi connectivity index (χ3v) is 5.66. The first kappa shape index (κ1) is 23.8. The maximum Gasteiger partial charge on any atom is 0.230 e. The van der Waals surface area contributed by atoms with Gasteiger partial charge in [-0.05, 0) is 60.7 Å². The van der Waals surface area contributed by atoms with Gasteiger partial charge in [-0.1, -0.05) is 18.2 Å². The van der Waals surface area contributed by atoms with Gasteiger partial charge in [0.25, 0.3) is 0 Å². The lowest BCUT2D eigenvalue weighted by Crippen LogP contribution is -2.19. The van der Waals surface area contributed by atoms with Crippen molar-refractivity contribution in [2.75, 3.05) is 5.32 Å². The molecule has 0 unspecified atom stereocenters. The molecule has 1 N–H and O–H groups in total. The number of carbonyl (C=O) groups excluding carboxylic acids is 1. The van der Waals surface area contributed by atoms with Crippen LogP contribution in [0.2, 0.25) is 0 Å². The first-order valence-electron chi connectivity index (χ1n) is 9.92. The van der Waals surface area contributed by atoms with Gasteiger partial charge >= 0.3 is 0 Å². The number of rotatable bonds is 6. The topological polar surface area (TPSA) is 79.4 Å². The lowest BCUT2D eigenvalue weighted by Gasteiger charge is -2.06. The van der Waals surface area contributed by atoms with Crippen LogP contribution in [-0.4, -0.2) is 10.5 Å². The highest BCUT2D eigenvalue weighted by Crippen LogP contribution is 2.23. The Morgan fingerprint density at radius 1 is 1.03 bits per heavy atom. The van der Waals surface area contributed by atoms with Crippen LogP contribution in [0.15, 0.2) is 89.2 Å². The smallest absolute Gasteiger partial charge is 0.230 e. The zero-order valence-corrected chi connectivity index (χ0v) is 19.4. The molecule has 0 aliphatic rings. The van der Waals surface area contributed by atoms with Crippen LogP contribution in [0.1, 0.15) is 11.3 Å². The number of nitrogens with one attached hydrogen (secondary N) is 1. The minimum Gasteiger partial charge on any atom is -0.457 e. The summed E-state index contributed by atoms with van der Waals surface area (Å²) in [6.45, 7) is 0. The average Bonchev–Trinajstić information content (AvgIpc) is 3.15. The molecule has 0 aliphatic carbocycles. The third-order valence-electron chi connectivity index (χ3n) is 4.70. The molecule has 6 nitrogen and oxygen atoms in total. The summed E-state index contributed by atoms with van der Waals surface area (Å²) in [7, 11) is 1.90. The van der Waals surface area contributed by atoms with Gasteiger partial charge in [0.05, 0.1) is 23.7 Å². The second-order valence-corrected chi connectivity index (χ2v) is 7.84. The molecule has 3 aromatic carbocycles. The fourth-order valence-corrected chi connectivity index (χ4v) is 3.90. The molecule has 4 aromatic rings. The molecular formula is C25H21ClN4O2S. The molecule has 33 heavy (non-hydrogen) atoms. The minimum atomic E-state index is -0.128. The number of ether oxygens (including phenoxy) is 1. The summed E-state index contributed by atoms with van der Waals surface area (Å²) in [4.78, 5) is 17.9. The van der Waals surface area contributed by atoms with E-state index in [4.69, 9.17) is 10.00 Å². The lowest BCUT2D eigenvalue weighted by atomic mass is 10.2. The SMILES string of the molecule is Cl.Cn1c(CC(=O)Nc2ccc(C#N)cc2)csc1=Nc1ccc(Oc2ccccc2)cc1. The van der Waals surface area contributed by atoms with Crippen LogP contribution in [0.4, 0.5) is 11.4 Å². The van der Waals surface area contributed by atoms with Gasteiger partial charge in [0.2, 0.25) is 5.91 Å². The normalized spacial score (nSPS) is 10.7. The van der Waals surface area contributed by atoms with E-state index in [2.05, 4.69) is 16.4 Å². The van der Waals surface area contributed by atoms with Gasteiger partial charge in [0, 0.05) is 23.8 Å². The summed E-state index contributed by atoms with van der Waals surface area (Å²) in [6.07, 6.45) is 0.229. The summed E-state index contributed by atoms with van der Waals surface area (Å²) in [5.41, 5.74) is 2.88. The summed E-state index contributed by atoms with van der Waals surface area (Å²) in [5.74, 6) is 1.40. The number of hydrogen-bond donors (Lipinski definition) is 1. The van der Waals surface area contributed by atoms with Gasteiger partial charge in [-0.15, -0.1) is 23.7 Å². The highest BCUT2D eigenvalue weighted by atomic mass is 35.5. The fraction of sp³-hybridized carbons (Fsp3) is 0.0800. The van der Waals surface area contributed by atoms with E-state index in [9.17, 15) is 4.79 Å². The highest BCUT2D eigenvalue weighted by molar-refractivity contribution is 7.07. The molecule has 8 heteroatoms. The van der Waals surface area contributed by atoms with Crippen LogP contribution in [0.3, 0.4) is 0 Å².